The van der Waals surface area contributed by atoms with Gasteiger partial charge in [-0.05, 0) is 32.1 Å². The number of ether oxygens (including phenoxy) is 1. The van der Waals surface area contributed by atoms with Crippen molar-refractivity contribution in [2.75, 3.05) is 0 Å². The number of rotatable bonds is 18. The van der Waals surface area contributed by atoms with Gasteiger partial charge in [0.05, 0.1) is 6.04 Å². The number of unbranched alkanes of at least 4 members (excludes halogenated alkanes) is 14. The normalized spacial score (nSPS) is 18.0. The summed E-state index contributed by atoms with van der Waals surface area (Å²) >= 11 is 0. The van der Waals surface area contributed by atoms with Crippen LogP contribution < -0.4 is 5.32 Å². The van der Waals surface area contributed by atoms with Crippen molar-refractivity contribution in [3.8, 4) is 0 Å². The molecule has 2 aliphatic rings. The minimum Gasteiger partial charge on any atom is -0.393 e. The second kappa shape index (κ2) is 21.1. The van der Waals surface area contributed by atoms with Crippen molar-refractivity contribution in [3.63, 3.8) is 0 Å². The van der Waals surface area contributed by atoms with Gasteiger partial charge in [0.15, 0.2) is 0 Å². The second-order valence-electron chi connectivity index (χ2n) is 11.4. The van der Waals surface area contributed by atoms with Crippen LogP contribution in [0.4, 0.5) is 0 Å². The summed E-state index contributed by atoms with van der Waals surface area (Å²) in [6.07, 6.45) is 32.9. The summed E-state index contributed by atoms with van der Waals surface area (Å²) in [5, 5.41) is 3.50. The van der Waals surface area contributed by atoms with Crippen LogP contribution in [-0.2, 0) is 9.53 Å². The van der Waals surface area contributed by atoms with E-state index in [0.717, 1.165) is 25.7 Å². The van der Waals surface area contributed by atoms with Gasteiger partial charge in [0, 0.05) is 12.5 Å². The maximum absolute atomic E-state index is 12.5. The fourth-order valence-electron chi connectivity index (χ4n) is 5.69. The molecule has 0 heterocycles. The summed E-state index contributed by atoms with van der Waals surface area (Å²) in [4.78, 5) is 17.4. The fraction of sp³-hybridized carbons (Fsp3) is 0.935. The highest BCUT2D eigenvalue weighted by atomic mass is 16.6. The first-order chi connectivity index (χ1) is 17.3. The number of aliphatic imine (C=N–C) groups is 1. The van der Waals surface area contributed by atoms with Crippen LogP contribution in [0.1, 0.15) is 174 Å². The van der Waals surface area contributed by atoms with Gasteiger partial charge in [-0.15, -0.1) is 0 Å². The lowest BCUT2D eigenvalue weighted by Gasteiger charge is -2.25. The molecule has 2 fully saturated rings. The highest BCUT2D eigenvalue weighted by molar-refractivity contribution is 5.87. The molecule has 4 nitrogen and oxygen atoms in total. The second-order valence-corrected chi connectivity index (χ2v) is 11.4. The third-order valence-electron chi connectivity index (χ3n) is 8.00. The summed E-state index contributed by atoms with van der Waals surface area (Å²) in [7, 11) is 0. The number of carbonyl (C=O) groups is 1. The maximum atomic E-state index is 12.5. The minimum atomic E-state index is -0.0995. The van der Waals surface area contributed by atoms with E-state index < -0.39 is 0 Å². The van der Waals surface area contributed by atoms with Crippen molar-refractivity contribution in [2.24, 2.45) is 4.99 Å². The van der Waals surface area contributed by atoms with Gasteiger partial charge >= 0.3 is 5.97 Å². The lowest BCUT2D eigenvalue weighted by atomic mass is 9.95. The van der Waals surface area contributed by atoms with E-state index in [9.17, 15) is 4.79 Å². The summed E-state index contributed by atoms with van der Waals surface area (Å²) < 4.78 is 5.78. The third-order valence-corrected chi connectivity index (χ3v) is 8.00. The van der Waals surface area contributed by atoms with E-state index in [1.54, 1.807) is 0 Å². The van der Waals surface area contributed by atoms with Crippen LogP contribution in [0.25, 0.3) is 0 Å². The first-order valence-corrected chi connectivity index (χ1v) is 15.8. The Kier molecular flexibility index (Phi) is 18.2. The fourth-order valence-corrected chi connectivity index (χ4v) is 5.69. The van der Waals surface area contributed by atoms with E-state index in [2.05, 4.69) is 12.2 Å². The largest absolute Gasteiger partial charge is 0.393 e. The van der Waals surface area contributed by atoms with E-state index in [0.29, 0.717) is 24.5 Å². The molecule has 4 heteroatoms. The number of nitrogens with one attached hydrogen (secondary N) is 1. The first-order valence-electron chi connectivity index (χ1n) is 15.8. The average molecular weight is 491 g/mol. The van der Waals surface area contributed by atoms with Crippen LogP contribution in [-0.4, -0.2) is 24.1 Å². The van der Waals surface area contributed by atoms with Gasteiger partial charge in [-0.25, -0.2) is 4.99 Å². The highest BCUT2D eigenvalue weighted by Crippen LogP contribution is 2.22. The molecule has 0 unspecified atom stereocenters. The standard InChI is InChI=1S/C31H58N2O2/c1-2-3-4-5-6-7-8-9-10-11-12-13-14-15-22-27-30(34)35-31(32-28-23-18-16-19-24-28)33-29-25-20-17-21-26-29/h28-29H,2-27H2,1H3,(H,32,33). The summed E-state index contributed by atoms with van der Waals surface area (Å²) in [5.41, 5.74) is 0. The molecule has 2 aliphatic carbocycles. The highest BCUT2D eigenvalue weighted by Gasteiger charge is 2.20. The Labute approximate surface area is 217 Å². The number of amidine groups is 1. The zero-order chi connectivity index (χ0) is 24.8. The quantitative estimate of drug-likeness (QED) is 0.0900. The van der Waals surface area contributed by atoms with Crippen LogP contribution in [0.5, 0.6) is 0 Å². The van der Waals surface area contributed by atoms with Crippen LogP contribution in [0, 0.1) is 0 Å². The first kappa shape index (κ1) is 30.2. The van der Waals surface area contributed by atoms with E-state index in [1.165, 1.54) is 135 Å². The van der Waals surface area contributed by atoms with Crippen molar-refractivity contribution < 1.29 is 9.53 Å². The molecule has 35 heavy (non-hydrogen) atoms. The van der Waals surface area contributed by atoms with Gasteiger partial charge in [-0.3, -0.25) is 4.79 Å². The van der Waals surface area contributed by atoms with Gasteiger partial charge in [0.2, 0.25) is 0 Å². The zero-order valence-electron chi connectivity index (χ0n) is 23.3. The van der Waals surface area contributed by atoms with Gasteiger partial charge in [-0.1, -0.05) is 135 Å². The van der Waals surface area contributed by atoms with Crippen molar-refractivity contribution >= 4 is 12.0 Å². The van der Waals surface area contributed by atoms with Crippen LogP contribution in [0.3, 0.4) is 0 Å². The van der Waals surface area contributed by atoms with Crippen LogP contribution in [0.15, 0.2) is 4.99 Å². The SMILES string of the molecule is CCCCCCCCCCCCCCCCCC(=O)OC(=NC1CCCCC1)NC1CCCCC1. The minimum absolute atomic E-state index is 0.0995. The summed E-state index contributed by atoms with van der Waals surface area (Å²) in [5.74, 6) is -0.0995. The zero-order valence-corrected chi connectivity index (χ0v) is 23.3. The van der Waals surface area contributed by atoms with Crippen molar-refractivity contribution in [1.29, 1.82) is 0 Å². The molecule has 0 atom stereocenters. The Balaban J connectivity index is 1.49. The third kappa shape index (κ3) is 16.3. The predicted molar refractivity (Wildman–Crippen MR) is 150 cm³/mol. The molecule has 0 saturated heterocycles. The molecule has 0 aliphatic heterocycles. The van der Waals surface area contributed by atoms with E-state index >= 15 is 0 Å². The number of hydrogen-bond donors (Lipinski definition) is 1. The Morgan fingerprint density at radius 2 is 1.11 bits per heavy atom. The molecule has 2 saturated carbocycles. The van der Waals surface area contributed by atoms with Gasteiger partial charge in [-0.2, -0.15) is 0 Å². The Bertz CT molecular complexity index is 536. The molecule has 2 rings (SSSR count). The molecule has 0 aromatic rings. The molecule has 0 amide bonds. The lowest BCUT2D eigenvalue weighted by Crippen LogP contribution is -2.39. The Morgan fingerprint density at radius 1 is 0.657 bits per heavy atom. The smallest absolute Gasteiger partial charge is 0.313 e. The lowest BCUT2D eigenvalue weighted by molar-refractivity contribution is -0.136. The molecule has 0 spiro atoms. The number of esters is 1. The molecule has 1 N–H and O–H groups in total. The number of nitrogens with zero attached hydrogens (tertiary/aromatic N) is 1. The Hall–Kier alpha value is -1.06. The molecule has 0 radical (unpaired) electrons. The summed E-state index contributed by atoms with van der Waals surface area (Å²) in [6, 6.07) is 1.27. The van der Waals surface area contributed by atoms with Gasteiger partial charge in [0.25, 0.3) is 6.02 Å². The van der Waals surface area contributed by atoms with E-state index in [-0.39, 0.29) is 5.97 Å². The average Bonchev–Trinajstić information content (AvgIpc) is 2.87. The topological polar surface area (TPSA) is 50.7 Å². The van der Waals surface area contributed by atoms with Gasteiger partial charge in [0.1, 0.15) is 0 Å². The summed E-state index contributed by atoms with van der Waals surface area (Å²) in [6.45, 7) is 2.29. The monoisotopic (exact) mass is 490 g/mol. The predicted octanol–water partition coefficient (Wildman–Crippen LogP) is 9.40. The number of carbonyl (C=O) groups excluding carboxylic acids is 1. The van der Waals surface area contributed by atoms with Crippen molar-refractivity contribution in [1.82, 2.24) is 5.32 Å². The van der Waals surface area contributed by atoms with Crippen LogP contribution in [0.2, 0.25) is 0 Å². The maximum Gasteiger partial charge on any atom is 0.313 e. The molecule has 0 bridgehead atoms. The molecule has 204 valence electrons. The van der Waals surface area contributed by atoms with Crippen molar-refractivity contribution in [2.45, 2.75) is 186 Å². The molecule has 0 aromatic carbocycles. The molecular weight excluding hydrogens is 432 g/mol. The molecule has 0 aromatic heterocycles. The van der Waals surface area contributed by atoms with Crippen molar-refractivity contribution in [3.05, 3.63) is 0 Å². The van der Waals surface area contributed by atoms with Crippen LogP contribution >= 0.6 is 0 Å². The van der Waals surface area contributed by atoms with Gasteiger partial charge < -0.3 is 10.1 Å². The van der Waals surface area contributed by atoms with E-state index in [1.807, 2.05) is 0 Å². The molecular formula is C31H58N2O2. The van der Waals surface area contributed by atoms with E-state index in [4.69, 9.17) is 9.73 Å². The number of hydrogen-bond acceptors (Lipinski definition) is 3. The Morgan fingerprint density at radius 3 is 1.63 bits per heavy atom.